The first-order valence-electron chi connectivity index (χ1n) is 6.11. The van der Waals surface area contributed by atoms with Gasteiger partial charge in [0.05, 0.1) is 4.90 Å². The average Bonchev–Trinajstić information content (AvgIpc) is 2.47. The fraction of sp³-hybridized carbons (Fsp3) is 0.143. The van der Waals surface area contributed by atoms with Gasteiger partial charge < -0.3 is 5.73 Å². The maximum Gasteiger partial charge on any atom is 0.261 e. The Bertz CT molecular complexity index is 748. The molecule has 21 heavy (non-hydrogen) atoms. The molecular formula is C14H15FN2O2S2. The van der Waals surface area contributed by atoms with E-state index in [2.05, 4.69) is 4.72 Å². The lowest BCUT2D eigenvalue weighted by Crippen LogP contribution is -2.14. The highest BCUT2D eigenvalue weighted by molar-refractivity contribution is 7.98. The zero-order valence-corrected chi connectivity index (χ0v) is 13.0. The number of hydrogen-bond acceptors (Lipinski definition) is 4. The van der Waals surface area contributed by atoms with Crippen molar-refractivity contribution in [2.45, 2.75) is 16.3 Å². The summed E-state index contributed by atoms with van der Waals surface area (Å²) >= 11 is 1.51. The smallest absolute Gasteiger partial charge is 0.261 e. The van der Waals surface area contributed by atoms with Gasteiger partial charge in [-0.1, -0.05) is 6.07 Å². The van der Waals surface area contributed by atoms with Gasteiger partial charge in [-0.15, -0.1) is 11.8 Å². The quantitative estimate of drug-likeness (QED) is 0.829. The molecule has 0 aliphatic heterocycles. The van der Waals surface area contributed by atoms with Crippen LogP contribution in [0.1, 0.15) is 5.56 Å². The molecule has 0 heterocycles. The Labute approximate surface area is 127 Å². The fourth-order valence-corrected chi connectivity index (χ4v) is 3.33. The van der Waals surface area contributed by atoms with E-state index in [0.29, 0.717) is 5.69 Å². The Morgan fingerprint density at radius 3 is 2.67 bits per heavy atom. The lowest BCUT2D eigenvalue weighted by molar-refractivity contribution is 0.596. The van der Waals surface area contributed by atoms with Crippen LogP contribution in [0.4, 0.5) is 10.1 Å². The van der Waals surface area contributed by atoms with E-state index in [1.54, 1.807) is 18.2 Å². The second kappa shape index (κ2) is 6.46. The molecule has 0 atom stereocenters. The van der Waals surface area contributed by atoms with Gasteiger partial charge in [0.2, 0.25) is 0 Å². The molecule has 3 N–H and O–H groups in total. The van der Waals surface area contributed by atoms with Gasteiger partial charge in [-0.2, -0.15) is 0 Å². The van der Waals surface area contributed by atoms with Gasteiger partial charge in [-0.05, 0) is 42.7 Å². The van der Waals surface area contributed by atoms with Crippen molar-refractivity contribution in [1.29, 1.82) is 0 Å². The lowest BCUT2D eigenvalue weighted by atomic mass is 10.2. The summed E-state index contributed by atoms with van der Waals surface area (Å²) in [4.78, 5) is 0.927. The molecule has 7 heteroatoms. The summed E-state index contributed by atoms with van der Waals surface area (Å²) in [5, 5.41) is 0. The molecule has 0 amide bonds. The van der Waals surface area contributed by atoms with Crippen LogP contribution >= 0.6 is 11.8 Å². The molecule has 0 aliphatic carbocycles. The van der Waals surface area contributed by atoms with Crippen LogP contribution < -0.4 is 10.5 Å². The zero-order valence-electron chi connectivity index (χ0n) is 11.3. The summed E-state index contributed by atoms with van der Waals surface area (Å²) in [6.07, 6.45) is 1.90. The van der Waals surface area contributed by atoms with E-state index < -0.39 is 15.8 Å². The van der Waals surface area contributed by atoms with Crippen molar-refractivity contribution >= 4 is 27.5 Å². The van der Waals surface area contributed by atoms with Gasteiger partial charge in [0, 0.05) is 22.7 Å². The van der Waals surface area contributed by atoms with E-state index in [1.807, 2.05) is 12.3 Å². The normalized spacial score (nSPS) is 11.4. The number of anilines is 1. The Morgan fingerprint density at radius 1 is 1.24 bits per heavy atom. The highest BCUT2D eigenvalue weighted by Gasteiger charge is 2.16. The second-order valence-corrected chi connectivity index (χ2v) is 6.86. The monoisotopic (exact) mass is 326 g/mol. The van der Waals surface area contributed by atoms with E-state index in [4.69, 9.17) is 5.73 Å². The van der Waals surface area contributed by atoms with Crippen LogP contribution in [0.25, 0.3) is 0 Å². The zero-order chi connectivity index (χ0) is 15.5. The molecule has 0 aromatic heterocycles. The highest BCUT2D eigenvalue weighted by atomic mass is 32.2. The molecule has 2 aromatic carbocycles. The van der Waals surface area contributed by atoms with Gasteiger partial charge in [-0.25, -0.2) is 12.8 Å². The van der Waals surface area contributed by atoms with E-state index in [0.717, 1.165) is 11.0 Å². The Balaban J connectivity index is 2.33. The third-order valence-electron chi connectivity index (χ3n) is 2.87. The summed E-state index contributed by atoms with van der Waals surface area (Å²) < 4.78 is 40.5. The predicted octanol–water partition coefficient (Wildman–Crippen LogP) is 2.81. The van der Waals surface area contributed by atoms with Crippen molar-refractivity contribution in [3.8, 4) is 0 Å². The molecule has 4 nitrogen and oxygen atoms in total. The standard InChI is InChI=1S/C14H15FN2O2S2/c1-20-12-4-2-3-11(8-12)17-21(18,19)13-5-6-14(15)10(7-13)9-16/h2-8,17H,9,16H2,1H3. The third kappa shape index (κ3) is 3.75. The first kappa shape index (κ1) is 15.8. The van der Waals surface area contributed by atoms with Crippen LogP contribution in [-0.2, 0) is 16.6 Å². The summed E-state index contributed by atoms with van der Waals surface area (Å²) in [6, 6.07) is 10.6. The molecule has 0 bridgehead atoms. The number of thioether (sulfide) groups is 1. The minimum Gasteiger partial charge on any atom is -0.326 e. The van der Waals surface area contributed by atoms with E-state index in [-0.39, 0.29) is 17.0 Å². The number of benzene rings is 2. The Morgan fingerprint density at radius 2 is 2.00 bits per heavy atom. The van der Waals surface area contributed by atoms with Gasteiger partial charge in [0.1, 0.15) is 5.82 Å². The Hall–Kier alpha value is -1.57. The maximum atomic E-state index is 13.4. The molecule has 0 unspecified atom stereocenters. The minimum atomic E-state index is -3.77. The number of rotatable bonds is 5. The van der Waals surface area contributed by atoms with Gasteiger partial charge in [0.15, 0.2) is 0 Å². The summed E-state index contributed by atoms with van der Waals surface area (Å²) in [7, 11) is -3.77. The first-order chi connectivity index (χ1) is 9.96. The van der Waals surface area contributed by atoms with Gasteiger partial charge >= 0.3 is 0 Å². The van der Waals surface area contributed by atoms with Gasteiger partial charge in [0.25, 0.3) is 10.0 Å². The van der Waals surface area contributed by atoms with Crippen LogP contribution in [0.5, 0.6) is 0 Å². The molecule has 0 saturated carbocycles. The molecule has 0 aliphatic rings. The van der Waals surface area contributed by atoms with E-state index in [9.17, 15) is 12.8 Å². The first-order valence-corrected chi connectivity index (χ1v) is 8.82. The SMILES string of the molecule is CSc1cccc(NS(=O)(=O)c2ccc(F)c(CN)c2)c1. The van der Waals surface area contributed by atoms with Crippen molar-refractivity contribution in [3.05, 3.63) is 53.8 Å². The molecule has 2 rings (SSSR count). The van der Waals surface area contributed by atoms with Crippen LogP contribution in [0, 0.1) is 5.82 Å². The molecule has 0 spiro atoms. The summed E-state index contributed by atoms with van der Waals surface area (Å²) in [5.74, 6) is -0.513. The van der Waals surface area contributed by atoms with E-state index >= 15 is 0 Å². The molecule has 112 valence electrons. The molecule has 2 aromatic rings. The lowest BCUT2D eigenvalue weighted by Gasteiger charge is -2.10. The number of halogens is 1. The number of hydrogen-bond donors (Lipinski definition) is 2. The third-order valence-corrected chi connectivity index (χ3v) is 4.97. The predicted molar refractivity (Wildman–Crippen MR) is 83.3 cm³/mol. The van der Waals surface area contributed by atoms with Crippen molar-refractivity contribution in [2.24, 2.45) is 5.73 Å². The van der Waals surface area contributed by atoms with Crippen molar-refractivity contribution < 1.29 is 12.8 Å². The largest absolute Gasteiger partial charge is 0.326 e. The maximum absolute atomic E-state index is 13.4. The number of nitrogens with two attached hydrogens (primary N) is 1. The number of sulfonamides is 1. The van der Waals surface area contributed by atoms with Crippen molar-refractivity contribution in [2.75, 3.05) is 11.0 Å². The molecule has 0 fully saturated rings. The van der Waals surface area contributed by atoms with Crippen molar-refractivity contribution in [3.63, 3.8) is 0 Å². The number of nitrogens with one attached hydrogen (secondary N) is 1. The fourth-order valence-electron chi connectivity index (χ4n) is 1.78. The van der Waals surface area contributed by atoms with Gasteiger partial charge in [-0.3, -0.25) is 4.72 Å². The summed E-state index contributed by atoms with van der Waals surface area (Å²) in [6.45, 7) is -0.0584. The highest BCUT2D eigenvalue weighted by Crippen LogP contribution is 2.22. The van der Waals surface area contributed by atoms with Crippen LogP contribution in [0.2, 0.25) is 0 Å². The average molecular weight is 326 g/mol. The second-order valence-electron chi connectivity index (χ2n) is 4.29. The van der Waals surface area contributed by atoms with Crippen LogP contribution in [0.15, 0.2) is 52.3 Å². The topological polar surface area (TPSA) is 72.2 Å². The summed E-state index contributed by atoms with van der Waals surface area (Å²) in [5.41, 5.74) is 6.02. The minimum absolute atomic E-state index is 0.0149. The van der Waals surface area contributed by atoms with Crippen molar-refractivity contribution in [1.82, 2.24) is 0 Å². The Kier molecular flexibility index (Phi) is 4.87. The molecular weight excluding hydrogens is 311 g/mol. The van der Waals surface area contributed by atoms with Crippen LogP contribution in [-0.4, -0.2) is 14.7 Å². The molecule has 0 radical (unpaired) electrons. The van der Waals surface area contributed by atoms with Crippen LogP contribution in [0.3, 0.4) is 0 Å². The van der Waals surface area contributed by atoms with E-state index in [1.165, 1.54) is 23.9 Å². The molecule has 0 saturated heterocycles.